The fraction of sp³-hybridized carbons (Fsp3) is 0.737. The highest BCUT2D eigenvalue weighted by atomic mass is 32.2. The van der Waals surface area contributed by atoms with Gasteiger partial charge in [-0.1, -0.05) is 0 Å². The van der Waals surface area contributed by atoms with Crippen LogP contribution < -0.4 is 0 Å². The van der Waals surface area contributed by atoms with Gasteiger partial charge in [0.15, 0.2) is 5.69 Å². The van der Waals surface area contributed by atoms with Crippen molar-refractivity contribution in [3.05, 3.63) is 17.0 Å². The van der Waals surface area contributed by atoms with Crippen molar-refractivity contribution in [3.8, 4) is 0 Å². The van der Waals surface area contributed by atoms with Gasteiger partial charge in [0.2, 0.25) is 0 Å². The van der Waals surface area contributed by atoms with E-state index in [1.54, 1.807) is 0 Å². The van der Waals surface area contributed by atoms with Crippen LogP contribution in [-0.4, -0.2) is 61.4 Å². The minimum atomic E-state index is -1.16. The molecule has 0 bridgehead atoms. The van der Waals surface area contributed by atoms with Gasteiger partial charge in [-0.2, -0.15) is 5.10 Å². The minimum absolute atomic E-state index is 0.00354. The van der Waals surface area contributed by atoms with Crippen LogP contribution in [0.25, 0.3) is 0 Å². The number of aliphatic hydroxyl groups excluding tert-OH is 1. The van der Waals surface area contributed by atoms with E-state index >= 15 is 0 Å². The summed E-state index contributed by atoms with van der Waals surface area (Å²) in [5.74, 6) is -1.31. The molecular weight excluding hydrogens is 385 g/mol. The van der Waals surface area contributed by atoms with Crippen LogP contribution in [0.3, 0.4) is 0 Å². The predicted octanol–water partition coefficient (Wildman–Crippen LogP) is 2.12. The van der Waals surface area contributed by atoms with E-state index < -0.39 is 5.97 Å². The first-order valence-corrected chi connectivity index (χ1v) is 10.9. The van der Waals surface area contributed by atoms with Crippen molar-refractivity contribution < 1.29 is 24.2 Å². The van der Waals surface area contributed by atoms with Gasteiger partial charge in [-0.15, -0.1) is 11.8 Å². The average molecular weight is 409 g/mol. The number of nitrogens with zero attached hydrogens (tertiary/aromatic N) is 3. The molecular formula is C19H24FN3O4S. The van der Waals surface area contributed by atoms with Crippen molar-refractivity contribution in [2.24, 2.45) is 5.41 Å². The number of aliphatic hydroxyl groups is 1. The van der Waals surface area contributed by atoms with Crippen molar-refractivity contribution in [3.63, 3.8) is 0 Å². The number of rotatable bonds is 8. The molecule has 1 aromatic heterocycles. The summed E-state index contributed by atoms with van der Waals surface area (Å²) in [6, 6.07) is 0. The molecule has 3 saturated carbocycles. The number of amides is 1. The van der Waals surface area contributed by atoms with E-state index in [-0.39, 0.29) is 28.4 Å². The summed E-state index contributed by atoms with van der Waals surface area (Å²) in [4.78, 5) is 30.4. The molecule has 7 nitrogen and oxygen atoms in total. The Bertz CT molecular complexity index is 829. The molecule has 1 aromatic rings. The van der Waals surface area contributed by atoms with Crippen LogP contribution in [0.15, 0.2) is 0 Å². The molecule has 0 unspecified atom stereocenters. The van der Waals surface area contributed by atoms with Gasteiger partial charge in [-0.05, 0) is 44.9 Å². The summed E-state index contributed by atoms with van der Waals surface area (Å²) in [5, 5.41) is 14.6. The fourth-order valence-corrected chi connectivity index (χ4v) is 5.79. The second kappa shape index (κ2) is 6.45. The van der Waals surface area contributed by atoms with Crippen molar-refractivity contribution in [2.75, 3.05) is 19.7 Å². The summed E-state index contributed by atoms with van der Waals surface area (Å²) in [6.07, 6.45) is 6.97. The zero-order chi connectivity index (χ0) is 19.5. The Labute approximate surface area is 166 Å². The van der Waals surface area contributed by atoms with Gasteiger partial charge in [0.05, 0.1) is 6.61 Å². The van der Waals surface area contributed by atoms with Gasteiger partial charge < -0.3 is 10.0 Å². The summed E-state index contributed by atoms with van der Waals surface area (Å²) in [6.45, 7) is 1.57. The Hall–Kier alpha value is -1.61. The van der Waals surface area contributed by atoms with E-state index in [0.717, 1.165) is 30.9 Å². The third-order valence-corrected chi connectivity index (χ3v) is 8.28. The topological polar surface area (TPSA) is 84.7 Å². The largest absolute Gasteiger partial charge is 0.399 e. The smallest absolute Gasteiger partial charge is 0.396 e. The van der Waals surface area contributed by atoms with E-state index in [2.05, 4.69) is 10.0 Å². The van der Waals surface area contributed by atoms with Gasteiger partial charge in [0, 0.05) is 45.1 Å². The molecule has 0 spiro atoms. The van der Waals surface area contributed by atoms with Crippen molar-refractivity contribution >= 4 is 23.6 Å². The summed E-state index contributed by atoms with van der Waals surface area (Å²) < 4.78 is 14.3. The molecule has 2 heterocycles. The standard InChI is InChI=1S/C19H24FN3O4S/c20-27-17(26)14-13-3-8-22(10-19(6-7-19)28-12-1-2-12)16(25)15(13)23(21-14)9-18(11-24)4-5-18/h12,24H,1-11H2. The van der Waals surface area contributed by atoms with Crippen molar-refractivity contribution in [1.82, 2.24) is 14.7 Å². The molecule has 3 fully saturated rings. The van der Waals surface area contributed by atoms with Crippen LogP contribution in [0.2, 0.25) is 0 Å². The average Bonchev–Trinajstić information content (AvgIpc) is 3.59. The van der Waals surface area contributed by atoms with Crippen molar-refractivity contribution in [1.29, 1.82) is 0 Å². The zero-order valence-electron chi connectivity index (χ0n) is 15.7. The molecule has 1 aliphatic heterocycles. The maximum absolute atomic E-state index is 13.3. The third kappa shape index (κ3) is 3.22. The Balaban J connectivity index is 1.42. The first-order valence-electron chi connectivity index (χ1n) is 9.99. The fourth-order valence-electron chi connectivity index (χ4n) is 4.14. The quantitative estimate of drug-likeness (QED) is 0.708. The molecule has 3 aliphatic carbocycles. The molecule has 4 aliphatic rings. The normalized spacial score (nSPS) is 24.1. The van der Waals surface area contributed by atoms with E-state index in [9.17, 15) is 19.2 Å². The molecule has 0 atom stereocenters. The Morgan fingerprint density at radius 3 is 2.61 bits per heavy atom. The van der Waals surface area contributed by atoms with Gasteiger partial charge in [0.25, 0.3) is 5.91 Å². The number of carbonyl (C=O) groups excluding carboxylic acids is 2. The van der Waals surface area contributed by atoms with Gasteiger partial charge >= 0.3 is 5.97 Å². The first-order chi connectivity index (χ1) is 13.5. The summed E-state index contributed by atoms with van der Waals surface area (Å²) >= 11 is 2.02. The highest BCUT2D eigenvalue weighted by Crippen LogP contribution is 2.56. The van der Waals surface area contributed by atoms with E-state index in [1.165, 1.54) is 17.5 Å². The number of hydrogen-bond acceptors (Lipinski definition) is 6. The number of fused-ring (bicyclic) bond motifs is 1. The Morgan fingerprint density at radius 1 is 1.29 bits per heavy atom. The first kappa shape index (κ1) is 18.4. The Morgan fingerprint density at radius 2 is 2.04 bits per heavy atom. The van der Waals surface area contributed by atoms with E-state index in [4.69, 9.17) is 0 Å². The van der Waals surface area contributed by atoms with Crippen LogP contribution in [0.5, 0.6) is 0 Å². The van der Waals surface area contributed by atoms with Gasteiger partial charge in [-0.3, -0.25) is 9.48 Å². The second-order valence-corrected chi connectivity index (χ2v) is 10.6. The van der Waals surface area contributed by atoms with Gasteiger partial charge in [0.1, 0.15) is 5.69 Å². The summed E-state index contributed by atoms with van der Waals surface area (Å²) in [7, 11) is 0. The maximum Gasteiger partial charge on any atom is 0.399 e. The molecule has 0 radical (unpaired) electrons. The van der Waals surface area contributed by atoms with Gasteiger partial charge in [-0.25, -0.2) is 9.74 Å². The molecule has 1 N–H and O–H groups in total. The van der Waals surface area contributed by atoms with Crippen LogP contribution in [0.4, 0.5) is 4.53 Å². The van der Waals surface area contributed by atoms with E-state index in [1.807, 2.05) is 16.7 Å². The molecule has 9 heteroatoms. The minimum Gasteiger partial charge on any atom is -0.396 e. The molecule has 152 valence electrons. The number of thioether (sulfide) groups is 1. The number of halogens is 1. The summed E-state index contributed by atoms with van der Waals surface area (Å²) in [5.41, 5.74) is 0.419. The maximum atomic E-state index is 13.3. The van der Waals surface area contributed by atoms with Crippen LogP contribution in [0, 0.1) is 5.41 Å². The van der Waals surface area contributed by atoms with Crippen LogP contribution in [-0.2, 0) is 17.9 Å². The molecule has 5 rings (SSSR count). The lowest BCUT2D eigenvalue weighted by Gasteiger charge is -2.31. The van der Waals surface area contributed by atoms with Crippen LogP contribution >= 0.6 is 11.8 Å². The zero-order valence-corrected chi connectivity index (χ0v) is 16.5. The van der Waals surface area contributed by atoms with Crippen LogP contribution in [0.1, 0.15) is 65.1 Å². The number of carbonyl (C=O) groups is 2. The highest BCUT2D eigenvalue weighted by molar-refractivity contribution is 8.01. The lowest BCUT2D eigenvalue weighted by Crippen LogP contribution is -2.43. The SMILES string of the molecule is O=C(OF)c1nn(CC2(CO)CC2)c2c1CCN(CC1(SC3CC3)CC1)C2=O. The number of aromatic nitrogens is 2. The molecule has 0 saturated heterocycles. The molecule has 0 aromatic carbocycles. The monoisotopic (exact) mass is 409 g/mol. The third-order valence-electron chi connectivity index (χ3n) is 6.44. The lowest BCUT2D eigenvalue weighted by atomic mass is 10.0. The highest BCUT2D eigenvalue weighted by Gasteiger charge is 2.50. The molecule has 28 heavy (non-hydrogen) atoms. The second-order valence-electron chi connectivity index (χ2n) is 8.83. The Kier molecular flexibility index (Phi) is 4.24. The van der Waals surface area contributed by atoms with E-state index in [0.29, 0.717) is 37.3 Å². The van der Waals surface area contributed by atoms with Crippen molar-refractivity contribution in [2.45, 2.75) is 61.5 Å². The lowest BCUT2D eigenvalue weighted by molar-refractivity contribution is -0.0794. The predicted molar refractivity (Wildman–Crippen MR) is 99.7 cm³/mol. The molecule has 1 amide bonds. The number of hydrogen-bond donors (Lipinski definition) is 1.